The summed E-state index contributed by atoms with van der Waals surface area (Å²) in [5, 5.41) is 11.3. The van der Waals surface area contributed by atoms with Crippen molar-refractivity contribution in [1.29, 1.82) is 0 Å². The number of benzene rings is 1. The van der Waals surface area contributed by atoms with Crippen molar-refractivity contribution in [2.75, 3.05) is 5.32 Å². The molecule has 116 valence electrons. The predicted molar refractivity (Wildman–Crippen MR) is 83.2 cm³/mol. The van der Waals surface area contributed by atoms with Gasteiger partial charge in [-0.15, -0.1) is 0 Å². The number of amides is 1. The van der Waals surface area contributed by atoms with Crippen LogP contribution in [0.15, 0.2) is 29.5 Å². The van der Waals surface area contributed by atoms with Gasteiger partial charge in [-0.2, -0.15) is 0 Å². The molecule has 2 rings (SSSR count). The Bertz CT molecular complexity index is 757. The van der Waals surface area contributed by atoms with Gasteiger partial charge in [0.05, 0.1) is 11.0 Å². The molecule has 0 bridgehead atoms. The zero-order valence-corrected chi connectivity index (χ0v) is 12.4. The van der Waals surface area contributed by atoms with E-state index in [0.29, 0.717) is 11.6 Å². The predicted octanol–water partition coefficient (Wildman–Crippen LogP) is 1.91. The van der Waals surface area contributed by atoms with Crippen molar-refractivity contribution in [3.63, 3.8) is 0 Å². The number of anilines is 1. The van der Waals surface area contributed by atoms with Crippen LogP contribution >= 0.6 is 0 Å². The Kier molecular flexibility index (Phi) is 4.45. The number of nitrogens with zero attached hydrogens (tertiary/aromatic N) is 1. The number of carboxylic acid groups (broad SMARTS) is 1. The molecule has 0 aliphatic carbocycles. The van der Waals surface area contributed by atoms with Gasteiger partial charge in [0, 0.05) is 17.7 Å². The van der Waals surface area contributed by atoms with Gasteiger partial charge in [-0.1, -0.05) is 6.07 Å². The molecule has 5 N–H and O–H groups in total. The lowest BCUT2D eigenvalue weighted by Crippen LogP contribution is -2.19. The Labute approximate surface area is 127 Å². The number of aromatic nitrogens is 2. The number of aryl methyl sites for hydroxylation is 1. The second kappa shape index (κ2) is 6.30. The molecule has 0 atom stereocenters. The third-order valence-corrected chi connectivity index (χ3v) is 3.21. The summed E-state index contributed by atoms with van der Waals surface area (Å²) in [4.78, 5) is 30.1. The molecule has 7 heteroatoms. The summed E-state index contributed by atoms with van der Waals surface area (Å²) >= 11 is 0. The molecule has 0 spiro atoms. The van der Waals surface area contributed by atoms with Crippen LogP contribution in [-0.2, 0) is 9.59 Å². The van der Waals surface area contributed by atoms with E-state index in [4.69, 9.17) is 10.8 Å². The lowest BCUT2D eigenvalue weighted by molar-refractivity contribution is -0.136. The quantitative estimate of drug-likeness (QED) is 0.629. The second-order valence-corrected chi connectivity index (χ2v) is 5.12. The Hall–Kier alpha value is -2.83. The van der Waals surface area contributed by atoms with Crippen LogP contribution in [0.25, 0.3) is 11.0 Å². The molecule has 0 aliphatic rings. The van der Waals surface area contributed by atoms with Crippen molar-refractivity contribution in [2.45, 2.75) is 26.7 Å². The Morgan fingerprint density at radius 2 is 2.09 bits per heavy atom. The number of allylic oxidation sites excluding steroid dienone is 1. The molecule has 22 heavy (non-hydrogen) atoms. The van der Waals surface area contributed by atoms with E-state index in [1.165, 1.54) is 0 Å². The third-order valence-electron chi connectivity index (χ3n) is 3.21. The minimum atomic E-state index is -0.981. The van der Waals surface area contributed by atoms with E-state index in [-0.39, 0.29) is 18.4 Å². The molecular formula is C15H18N4O3. The van der Waals surface area contributed by atoms with Crippen LogP contribution < -0.4 is 11.1 Å². The number of aromatic amines is 1. The number of H-pyrrole nitrogens is 1. The van der Waals surface area contributed by atoms with Crippen LogP contribution in [0, 0.1) is 6.92 Å². The van der Waals surface area contributed by atoms with Crippen LogP contribution in [-0.4, -0.2) is 27.0 Å². The smallest absolute Gasteiger partial charge is 0.303 e. The molecule has 0 unspecified atom stereocenters. The molecule has 0 radical (unpaired) electrons. The number of carboxylic acids is 1. The van der Waals surface area contributed by atoms with E-state index < -0.39 is 11.9 Å². The molecule has 0 fully saturated rings. The van der Waals surface area contributed by atoms with Gasteiger partial charge in [0.25, 0.3) is 5.91 Å². The lowest BCUT2D eigenvalue weighted by atomic mass is 10.1. The van der Waals surface area contributed by atoms with Gasteiger partial charge in [0.2, 0.25) is 5.95 Å². The zero-order chi connectivity index (χ0) is 16.3. The van der Waals surface area contributed by atoms with Gasteiger partial charge in [0.1, 0.15) is 0 Å². The highest BCUT2D eigenvalue weighted by molar-refractivity contribution is 6.04. The van der Waals surface area contributed by atoms with Crippen molar-refractivity contribution < 1.29 is 14.7 Å². The highest BCUT2D eigenvalue weighted by atomic mass is 16.4. The molecular weight excluding hydrogens is 284 g/mol. The maximum Gasteiger partial charge on any atom is 0.303 e. The van der Waals surface area contributed by atoms with Gasteiger partial charge in [-0.3, -0.25) is 14.9 Å². The summed E-state index contributed by atoms with van der Waals surface area (Å²) < 4.78 is 0. The van der Waals surface area contributed by atoms with Gasteiger partial charge in [0.15, 0.2) is 0 Å². The van der Waals surface area contributed by atoms with Crippen molar-refractivity contribution in [3.05, 3.63) is 35.0 Å². The van der Waals surface area contributed by atoms with E-state index in [2.05, 4.69) is 15.3 Å². The fourth-order valence-corrected chi connectivity index (χ4v) is 2.09. The largest absolute Gasteiger partial charge is 0.481 e. The average Bonchev–Trinajstić information content (AvgIpc) is 2.79. The van der Waals surface area contributed by atoms with Gasteiger partial charge in [-0.05, 0) is 38.0 Å². The van der Waals surface area contributed by atoms with E-state index >= 15 is 0 Å². The second-order valence-electron chi connectivity index (χ2n) is 5.12. The average molecular weight is 302 g/mol. The molecule has 1 heterocycles. The number of hydrogen-bond acceptors (Lipinski definition) is 4. The van der Waals surface area contributed by atoms with Crippen LogP contribution in [0.2, 0.25) is 0 Å². The number of carbonyl (C=O) groups excluding carboxylic acids is 1. The number of carbonyl (C=O) groups is 2. The Balaban J connectivity index is 2.17. The SMILES string of the molecule is CC(N)=C(CCC(=O)O)C(=O)Nc1nc2ccc(C)cc2[nH]1. The minimum absolute atomic E-state index is 0.0723. The molecule has 1 aromatic carbocycles. The van der Waals surface area contributed by atoms with E-state index in [1.54, 1.807) is 6.92 Å². The fourth-order valence-electron chi connectivity index (χ4n) is 2.09. The van der Waals surface area contributed by atoms with Crippen LogP contribution in [0.5, 0.6) is 0 Å². The number of nitrogens with two attached hydrogens (primary N) is 1. The number of hydrogen-bond donors (Lipinski definition) is 4. The summed E-state index contributed by atoms with van der Waals surface area (Å²) in [5.41, 5.74) is 8.84. The number of imidazole rings is 1. The fraction of sp³-hybridized carbons (Fsp3) is 0.267. The first kappa shape index (κ1) is 15.6. The summed E-state index contributed by atoms with van der Waals surface area (Å²) in [6.45, 7) is 3.53. The standard InChI is InChI=1S/C15H18N4O3/c1-8-3-5-11-12(7-8)18-15(17-11)19-14(22)10(9(2)16)4-6-13(20)21/h3,5,7H,4,6,16H2,1-2H3,(H,20,21)(H2,17,18,19,22). The number of aliphatic carboxylic acids is 1. The van der Waals surface area contributed by atoms with Gasteiger partial charge >= 0.3 is 5.97 Å². The maximum absolute atomic E-state index is 12.2. The molecule has 0 saturated heterocycles. The first-order valence-electron chi connectivity index (χ1n) is 6.81. The van der Waals surface area contributed by atoms with Crippen molar-refractivity contribution in [1.82, 2.24) is 9.97 Å². The molecule has 2 aromatic rings. The summed E-state index contributed by atoms with van der Waals surface area (Å²) in [5.74, 6) is -1.12. The van der Waals surface area contributed by atoms with E-state index in [1.807, 2.05) is 25.1 Å². The van der Waals surface area contributed by atoms with Crippen LogP contribution in [0.4, 0.5) is 5.95 Å². The monoisotopic (exact) mass is 302 g/mol. The van der Waals surface area contributed by atoms with Crippen LogP contribution in [0.3, 0.4) is 0 Å². The minimum Gasteiger partial charge on any atom is -0.481 e. The first-order chi connectivity index (χ1) is 10.4. The molecule has 7 nitrogen and oxygen atoms in total. The Morgan fingerprint density at radius 3 is 2.73 bits per heavy atom. The molecule has 1 aromatic heterocycles. The number of fused-ring (bicyclic) bond motifs is 1. The topological polar surface area (TPSA) is 121 Å². The molecule has 1 amide bonds. The zero-order valence-electron chi connectivity index (χ0n) is 12.4. The summed E-state index contributed by atoms with van der Waals surface area (Å²) in [7, 11) is 0. The van der Waals surface area contributed by atoms with E-state index in [0.717, 1.165) is 16.6 Å². The van der Waals surface area contributed by atoms with Crippen molar-refractivity contribution in [3.8, 4) is 0 Å². The lowest BCUT2D eigenvalue weighted by Gasteiger charge is -2.07. The summed E-state index contributed by atoms with van der Waals surface area (Å²) in [6.07, 6.45) is -0.0839. The molecule has 0 saturated carbocycles. The number of nitrogens with one attached hydrogen (secondary N) is 2. The van der Waals surface area contributed by atoms with Crippen molar-refractivity contribution in [2.24, 2.45) is 5.73 Å². The van der Waals surface area contributed by atoms with Gasteiger partial charge in [-0.25, -0.2) is 4.98 Å². The highest BCUT2D eigenvalue weighted by Crippen LogP contribution is 2.17. The van der Waals surface area contributed by atoms with E-state index in [9.17, 15) is 9.59 Å². The van der Waals surface area contributed by atoms with Crippen molar-refractivity contribution >= 4 is 28.9 Å². The normalized spacial score (nSPS) is 12.1. The maximum atomic E-state index is 12.2. The Morgan fingerprint density at radius 1 is 1.36 bits per heavy atom. The van der Waals surface area contributed by atoms with Crippen LogP contribution in [0.1, 0.15) is 25.3 Å². The highest BCUT2D eigenvalue weighted by Gasteiger charge is 2.15. The van der Waals surface area contributed by atoms with Gasteiger partial charge < -0.3 is 15.8 Å². The third kappa shape index (κ3) is 3.63. The summed E-state index contributed by atoms with van der Waals surface area (Å²) in [6, 6.07) is 5.70. The first-order valence-corrected chi connectivity index (χ1v) is 6.81. The number of rotatable bonds is 5. The molecule has 0 aliphatic heterocycles.